The van der Waals surface area contributed by atoms with Crippen LogP contribution in [0.15, 0.2) is 24.3 Å². The van der Waals surface area contributed by atoms with Gasteiger partial charge in [0.15, 0.2) is 0 Å². The number of nitrogens with one attached hydrogen (secondary N) is 1. The largest absolute Gasteiger partial charge is 0.481 e. The van der Waals surface area contributed by atoms with E-state index in [4.69, 9.17) is 10.8 Å². The monoisotopic (exact) mass is 305 g/mol. The average Bonchev–Trinajstić information content (AvgIpc) is 2.53. The molecule has 7 nitrogen and oxygen atoms in total. The predicted octanol–water partition coefficient (Wildman–Crippen LogP) is 0.792. The maximum absolute atomic E-state index is 12.4. The van der Waals surface area contributed by atoms with Crippen molar-refractivity contribution >= 4 is 17.9 Å². The number of benzene rings is 1. The predicted molar refractivity (Wildman–Crippen MR) is 79.1 cm³/mol. The Morgan fingerprint density at radius 2 is 1.95 bits per heavy atom. The minimum atomic E-state index is -0.856. The lowest BCUT2D eigenvalue weighted by atomic mass is 9.97. The molecule has 1 unspecified atom stereocenters. The number of piperidine rings is 1. The second-order valence-corrected chi connectivity index (χ2v) is 5.34. The first-order valence-electron chi connectivity index (χ1n) is 7.11. The summed E-state index contributed by atoms with van der Waals surface area (Å²) in [7, 11) is 0. The van der Waals surface area contributed by atoms with Crippen molar-refractivity contribution in [3.05, 3.63) is 35.4 Å². The number of carbonyl (C=O) groups excluding carboxylic acids is 2. The van der Waals surface area contributed by atoms with Gasteiger partial charge in [0.1, 0.15) is 0 Å². The van der Waals surface area contributed by atoms with E-state index in [1.54, 1.807) is 29.2 Å². The summed E-state index contributed by atoms with van der Waals surface area (Å²) in [5.74, 6) is -1.51. The molecule has 2 rings (SSSR count). The van der Waals surface area contributed by atoms with Gasteiger partial charge in [-0.2, -0.15) is 0 Å². The van der Waals surface area contributed by atoms with E-state index in [1.165, 1.54) is 0 Å². The van der Waals surface area contributed by atoms with Crippen molar-refractivity contribution in [2.24, 2.45) is 11.7 Å². The van der Waals surface area contributed by atoms with Crippen LogP contribution in [0.5, 0.6) is 0 Å². The van der Waals surface area contributed by atoms with Crippen LogP contribution in [0.1, 0.15) is 28.8 Å². The van der Waals surface area contributed by atoms with Crippen LogP contribution in [0.3, 0.4) is 0 Å². The summed E-state index contributed by atoms with van der Waals surface area (Å²) >= 11 is 0. The highest BCUT2D eigenvalue weighted by molar-refractivity contribution is 5.94. The number of nitrogens with two attached hydrogens (primary N) is 1. The first-order chi connectivity index (χ1) is 10.5. The van der Waals surface area contributed by atoms with E-state index in [9.17, 15) is 14.4 Å². The summed E-state index contributed by atoms with van der Waals surface area (Å²) in [6.07, 6.45) is 1.31. The molecule has 1 atom stereocenters. The average molecular weight is 305 g/mol. The molecule has 0 spiro atoms. The number of aliphatic carboxylic acids is 1. The topological polar surface area (TPSA) is 113 Å². The first-order valence-corrected chi connectivity index (χ1v) is 7.11. The molecule has 1 aliphatic rings. The van der Waals surface area contributed by atoms with Gasteiger partial charge in [-0.15, -0.1) is 0 Å². The SMILES string of the molecule is NC(=O)NCc1ccc(C(=O)N2CCCC(C(=O)O)C2)cc1. The summed E-state index contributed by atoms with van der Waals surface area (Å²) in [5, 5.41) is 11.5. The van der Waals surface area contributed by atoms with Gasteiger partial charge in [0.25, 0.3) is 5.91 Å². The number of hydrogen-bond acceptors (Lipinski definition) is 3. The Morgan fingerprint density at radius 3 is 2.55 bits per heavy atom. The fourth-order valence-electron chi connectivity index (χ4n) is 2.50. The molecule has 0 bridgehead atoms. The summed E-state index contributed by atoms with van der Waals surface area (Å²) in [5.41, 5.74) is 6.33. The highest BCUT2D eigenvalue weighted by atomic mass is 16.4. The van der Waals surface area contributed by atoms with Gasteiger partial charge in [-0.05, 0) is 30.5 Å². The Morgan fingerprint density at radius 1 is 1.27 bits per heavy atom. The van der Waals surface area contributed by atoms with Crippen LogP contribution in [0.4, 0.5) is 4.79 Å². The molecule has 22 heavy (non-hydrogen) atoms. The molecule has 1 aromatic carbocycles. The van der Waals surface area contributed by atoms with Crippen LogP contribution >= 0.6 is 0 Å². The zero-order valence-electron chi connectivity index (χ0n) is 12.1. The highest BCUT2D eigenvalue weighted by Crippen LogP contribution is 2.19. The van der Waals surface area contributed by atoms with E-state index < -0.39 is 17.9 Å². The van der Waals surface area contributed by atoms with Gasteiger partial charge in [0.2, 0.25) is 0 Å². The molecule has 1 heterocycles. The highest BCUT2D eigenvalue weighted by Gasteiger charge is 2.28. The molecular weight excluding hydrogens is 286 g/mol. The van der Waals surface area contributed by atoms with Gasteiger partial charge < -0.3 is 21.1 Å². The van der Waals surface area contributed by atoms with E-state index in [1.807, 2.05) is 0 Å². The number of hydrogen-bond donors (Lipinski definition) is 3. The fourth-order valence-corrected chi connectivity index (χ4v) is 2.50. The number of likely N-dealkylation sites (tertiary alicyclic amines) is 1. The maximum atomic E-state index is 12.4. The second kappa shape index (κ2) is 6.93. The molecule has 1 aromatic rings. The maximum Gasteiger partial charge on any atom is 0.312 e. The summed E-state index contributed by atoms with van der Waals surface area (Å²) in [6, 6.07) is 6.21. The fraction of sp³-hybridized carbons (Fsp3) is 0.400. The van der Waals surface area contributed by atoms with E-state index in [-0.39, 0.29) is 12.5 Å². The van der Waals surface area contributed by atoms with Crippen molar-refractivity contribution in [2.45, 2.75) is 19.4 Å². The molecule has 118 valence electrons. The molecule has 7 heteroatoms. The number of nitrogens with zero attached hydrogens (tertiary/aromatic N) is 1. The van der Waals surface area contributed by atoms with Crippen LogP contribution < -0.4 is 11.1 Å². The molecule has 3 amide bonds. The van der Waals surface area contributed by atoms with Crippen molar-refractivity contribution in [1.82, 2.24) is 10.2 Å². The molecule has 1 saturated heterocycles. The quantitative estimate of drug-likeness (QED) is 0.763. The number of amides is 3. The van der Waals surface area contributed by atoms with E-state index in [2.05, 4.69) is 5.32 Å². The van der Waals surface area contributed by atoms with E-state index in [0.29, 0.717) is 31.5 Å². The smallest absolute Gasteiger partial charge is 0.312 e. The third kappa shape index (κ3) is 3.97. The normalized spacial score (nSPS) is 17.8. The van der Waals surface area contributed by atoms with E-state index in [0.717, 1.165) is 5.56 Å². The molecule has 0 aliphatic carbocycles. The van der Waals surface area contributed by atoms with Gasteiger partial charge in [0, 0.05) is 25.2 Å². The summed E-state index contributed by atoms with van der Waals surface area (Å²) in [4.78, 5) is 35.7. The summed E-state index contributed by atoms with van der Waals surface area (Å²) < 4.78 is 0. The Hall–Kier alpha value is -2.57. The van der Waals surface area contributed by atoms with Crippen LogP contribution in [0.2, 0.25) is 0 Å². The third-order valence-electron chi connectivity index (χ3n) is 3.73. The van der Waals surface area contributed by atoms with Gasteiger partial charge in [0.05, 0.1) is 5.92 Å². The zero-order valence-corrected chi connectivity index (χ0v) is 12.1. The minimum absolute atomic E-state index is 0.166. The number of carboxylic acid groups (broad SMARTS) is 1. The Balaban J connectivity index is 2.00. The Bertz CT molecular complexity index is 571. The van der Waals surface area contributed by atoms with Crippen LogP contribution in [0.25, 0.3) is 0 Å². The molecule has 1 aliphatic heterocycles. The van der Waals surface area contributed by atoms with Crippen molar-refractivity contribution in [3.8, 4) is 0 Å². The lowest BCUT2D eigenvalue weighted by molar-refractivity contribution is -0.143. The number of rotatable bonds is 4. The van der Waals surface area contributed by atoms with Crippen molar-refractivity contribution in [2.75, 3.05) is 13.1 Å². The second-order valence-electron chi connectivity index (χ2n) is 5.34. The number of primary amides is 1. The third-order valence-corrected chi connectivity index (χ3v) is 3.73. The van der Waals surface area contributed by atoms with Gasteiger partial charge in [-0.25, -0.2) is 4.79 Å². The minimum Gasteiger partial charge on any atom is -0.481 e. The lowest BCUT2D eigenvalue weighted by Crippen LogP contribution is -2.42. The van der Waals surface area contributed by atoms with Crippen molar-refractivity contribution in [3.63, 3.8) is 0 Å². The molecule has 0 aromatic heterocycles. The number of carboxylic acids is 1. The van der Waals surface area contributed by atoms with E-state index >= 15 is 0 Å². The number of urea groups is 1. The van der Waals surface area contributed by atoms with Crippen LogP contribution in [-0.2, 0) is 11.3 Å². The molecule has 4 N–H and O–H groups in total. The van der Waals surface area contributed by atoms with Gasteiger partial charge >= 0.3 is 12.0 Å². The standard InChI is InChI=1S/C15H19N3O4/c16-15(22)17-8-10-3-5-11(6-4-10)13(19)18-7-1-2-12(9-18)14(20)21/h3-6,12H,1-2,7-9H2,(H,20,21)(H3,16,17,22). The number of carbonyl (C=O) groups is 3. The molecule has 0 radical (unpaired) electrons. The molecule has 0 saturated carbocycles. The van der Waals surface area contributed by atoms with Crippen LogP contribution in [0, 0.1) is 5.92 Å². The lowest BCUT2D eigenvalue weighted by Gasteiger charge is -2.30. The molecular formula is C15H19N3O4. The summed E-state index contributed by atoms with van der Waals surface area (Å²) in [6.45, 7) is 1.13. The Labute approximate surface area is 128 Å². The van der Waals surface area contributed by atoms with Gasteiger partial charge in [-0.1, -0.05) is 12.1 Å². The Kier molecular flexibility index (Phi) is 4.98. The first kappa shape index (κ1) is 15.8. The van der Waals surface area contributed by atoms with Gasteiger partial charge in [-0.3, -0.25) is 9.59 Å². The zero-order chi connectivity index (χ0) is 16.1. The molecule has 1 fully saturated rings. The van der Waals surface area contributed by atoms with Crippen molar-refractivity contribution in [1.29, 1.82) is 0 Å². The van der Waals surface area contributed by atoms with Crippen LogP contribution in [-0.4, -0.2) is 41.0 Å². The van der Waals surface area contributed by atoms with Crippen molar-refractivity contribution < 1.29 is 19.5 Å².